The summed E-state index contributed by atoms with van der Waals surface area (Å²) in [6.45, 7) is 2.46. The predicted octanol–water partition coefficient (Wildman–Crippen LogP) is 2.60. The molecule has 0 fully saturated rings. The Labute approximate surface area is 110 Å². The van der Waals surface area contributed by atoms with Crippen molar-refractivity contribution in [2.75, 3.05) is 0 Å². The molecule has 2 N–H and O–H groups in total. The zero-order valence-electron chi connectivity index (χ0n) is 9.81. The van der Waals surface area contributed by atoms with Gasteiger partial charge in [-0.15, -0.1) is 12.4 Å². The van der Waals surface area contributed by atoms with Crippen molar-refractivity contribution in [3.05, 3.63) is 42.2 Å². The molecular formula is C12H14ClF2N3. The zero-order valence-corrected chi connectivity index (χ0v) is 10.6. The van der Waals surface area contributed by atoms with Crippen LogP contribution in [0.2, 0.25) is 0 Å². The lowest BCUT2D eigenvalue weighted by atomic mass is 10.1. The standard InChI is InChI=1S/C12H13F2N3.ClH/c1-8(15)6-17-7-10(5-16-17)9-2-3-11(13)12(14)4-9;/h2-5,7-8H,6,15H2,1H3;1H/t8-;/m0./s1. The van der Waals surface area contributed by atoms with Crippen LogP contribution in [0.25, 0.3) is 11.1 Å². The number of hydrogen-bond acceptors (Lipinski definition) is 2. The lowest BCUT2D eigenvalue weighted by Crippen LogP contribution is -2.22. The van der Waals surface area contributed by atoms with Gasteiger partial charge in [0, 0.05) is 17.8 Å². The molecule has 0 aliphatic rings. The highest BCUT2D eigenvalue weighted by Crippen LogP contribution is 2.20. The van der Waals surface area contributed by atoms with Crippen molar-refractivity contribution in [3.8, 4) is 11.1 Å². The lowest BCUT2D eigenvalue weighted by molar-refractivity contribution is 0.509. The summed E-state index contributed by atoms with van der Waals surface area (Å²) in [4.78, 5) is 0. The zero-order chi connectivity index (χ0) is 12.4. The maximum atomic E-state index is 13.1. The van der Waals surface area contributed by atoms with Gasteiger partial charge in [0.15, 0.2) is 11.6 Å². The third-order valence-electron chi connectivity index (χ3n) is 2.36. The number of nitrogens with zero attached hydrogens (tertiary/aromatic N) is 2. The first-order valence-electron chi connectivity index (χ1n) is 5.29. The van der Waals surface area contributed by atoms with Crippen LogP contribution in [0.1, 0.15) is 6.92 Å². The minimum Gasteiger partial charge on any atom is -0.326 e. The first-order valence-corrected chi connectivity index (χ1v) is 5.29. The molecule has 98 valence electrons. The van der Waals surface area contributed by atoms with Gasteiger partial charge in [-0.1, -0.05) is 6.07 Å². The fourth-order valence-corrected chi connectivity index (χ4v) is 1.58. The first-order chi connectivity index (χ1) is 8.06. The fourth-order valence-electron chi connectivity index (χ4n) is 1.58. The van der Waals surface area contributed by atoms with E-state index in [2.05, 4.69) is 5.10 Å². The van der Waals surface area contributed by atoms with Gasteiger partial charge in [-0.2, -0.15) is 5.10 Å². The molecule has 0 amide bonds. The Bertz CT molecular complexity index is 526. The molecule has 0 saturated carbocycles. The highest BCUT2D eigenvalue weighted by atomic mass is 35.5. The van der Waals surface area contributed by atoms with E-state index in [1.54, 1.807) is 17.1 Å². The highest BCUT2D eigenvalue weighted by molar-refractivity contribution is 5.85. The van der Waals surface area contributed by atoms with Crippen molar-refractivity contribution >= 4 is 12.4 Å². The van der Waals surface area contributed by atoms with E-state index in [1.165, 1.54) is 6.07 Å². The number of hydrogen-bond donors (Lipinski definition) is 1. The van der Waals surface area contributed by atoms with Gasteiger partial charge < -0.3 is 5.73 Å². The van der Waals surface area contributed by atoms with Crippen LogP contribution in [0, 0.1) is 11.6 Å². The highest BCUT2D eigenvalue weighted by Gasteiger charge is 2.07. The molecule has 0 aliphatic carbocycles. The monoisotopic (exact) mass is 273 g/mol. The Morgan fingerprint density at radius 1 is 1.28 bits per heavy atom. The Morgan fingerprint density at radius 2 is 2.00 bits per heavy atom. The summed E-state index contributed by atoms with van der Waals surface area (Å²) in [7, 11) is 0. The van der Waals surface area contributed by atoms with Gasteiger partial charge in [0.2, 0.25) is 0 Å². The predicted molar refractivity (Wildman–Crippen MR) is 68.5 cm³/mol. The summed E-state index contributed by atoms with van der Waals surface area (Å²) >= 11 is 0. The van der Waals surface area contributed by atoms with E-state index in [-0.39, 0.29) is 18.4 Å². The Hall–Kier alpha value is -1.46. The molecule has 2 rings (SSSR count). The van der Waals surface area contributed by atoms with Gasteiger partial charge in [-0.05, 0) is 24.6 Å². The van der Waals surface area contributed by atoms with Gasteiger partial charge in [0.25, 0.3) is 0 Å². The largest absolute Gasteiger partial charge is 0.326 e. The normalized spacial score (nSPS) is 12.0. The molecule has 0 radical (unpaired) electrons. The van der Waals surface area contributed by atoms with Crippen molar-refractivity contribution in [2.45, 2.75) is 19.5 Å². The lowest BCUT2D eigenvalue weighted by Gasteiger charge is -2.03. The second-order valence-electron chi connectivity index (χ2n) is 4.06. The van der Waals surface area contributed by atoms with Crippen molar-refractivity contribution in [2.24, 2.45) is 5.73 Å². The molecule has 0 spiro atoms. The molecular weight excluding hydrogens is 260 g/mol. The van der Waals surface area contributed by atoms with E-state index in [0.29, 0.717) is 12.1 Å². The van der Waals surface area contributed by atoms with Crippen LogP contribution >= 0.6 is 12.4 Å². The summed E-state index contributed by atoms with van der Waals surface area (Å²) in [6.07, 6.45) is 3.37. The second kappa shape index (κ2) is 5.93. The molecule has 2 aromatic rings. The second-order valence-corrected chi connectivity index (χ2v) is 4.06. The van der Waals surface area contributed by atoms with Crippen LogP contribution in [-0.2, 0) is 6.54 Å². The number of rotatable bonds is 3. The van der Waals surface area contributed by atoms with Gasteiger partial charge in [-0.25, -0.2) is 8.78 Å². The quantitative estimate of drug-likeness (QED) is 0.934. The van der Waals surface area contributed by atoms with Crippen molar-refractivity contribution in [1.29, 1.82) is 0 Å². The van der Waals surface area contributed by atoms with E-state index in [1.807, 2.05) is 6.92 Å². The van der Waals surface area contributed by atoms with Crippen molar-refractivity contribution < 1.29 is 8.78 Å². The minimum absolute atomic E-state index is 0. The number of aromatic nitrogens is 2. The van der Waals surface area contributed by atoms with E-state index in [0.717, 1.165) is 17.7 Å². The first kappa shape index (κ1) is 14.6. The molecule has 6 heteroatoms. The minimum atomic E-state index is -0.859. The molecule has 1 heterocycles. The van der Waals surface area contributed by atoms with Crippen LogP contribution < -0.4 is 5.73 Å². The SMILES string of the molecule is C[C@H](N)Cn1cc(-c2ccc(F)c(F)c2)cn1.Cl. The molecule has 1 atom stereocenters. The number of benzene rings is 1. The molecule has 1 aromatic carbocycles. The van der Waals surface area contributed by atoms with Crippen molar-refractivity contribution in [3.63, 3.8) is 0 Å². The van der Waals surface area contributed by atoms with Crippen LogP contribution in [0.5, 0.6) is 0 Å². The molecule has 0 unspecified atom stereocenters. The summed E-state index contributed by atoms with van der Waals surface area (Å²) in [5, 5.41) is 4.11. The Kier molecular flexibility index (Phi) is 4.81. The Balaban J connectivity index is 0.00000162. The average Bonchev–Trinajstić information content (AvgIpc) is 2.69. The number of nitrogens with two attached hydrogens (primary N) is 1. The molecule has 0 aliphatic heterocycles. The number of halogens is 3. The van der Waals surface area contributed by atoms with Gasteiger partial charge in [0.1, 0.15) is 0 Å². The van der Waals surface area contributed by atoms with Crippen LogP contribution in [-0.4, -0.2) is 15.8 Å². The summed E-state index contributed by atoms with van der Waals surface area (Å²) in [5.74, 6) is -1.71. The van der Waals surface area contributed by atoms with Crippen molar-refractivity contribution in [1.82, 2.24) is 9.78 Å². The van der Waals surface area contributed by atoms with Crippen LogP contribution in [0.4, 0.5) is 8.78 Å². The van der Waals surface area contributed by atoms with E-state index >= 15 is 0 Å². The molecule has 0 bridgehead atoms. The van der Waals surface area contributed by atoms with E-state index < -0.39 is 11.6 Å². The third kappa shape index (κ3) is 3.27. The fraction of sp³-hybridized carbons (Fsp3) is 0.250. The topological polar surface area (TPSA) is 43.8 Å². The summed E-state index contributed by atoms with van der Waals surface area (Å²) < 4.78 is 27.5. The molecule has 1 aromatic heterocycles. The molecule has 0 saturated heterocycles. The summed E-state index contributed by atoms with van der Waals surface area (Å²) in [6, 6.07) is 3.77. The van der Waals surface area contributed by atoms with E-state index in [9.17, 15) is 8.78 Å². The third-order valence-corrected chi connectivity index (χ3v) is 2.36. The maximum Gasteiger partial charge on any atom is 0.159 e. The van der Waals surface area contributed by atoms with Gasteiger partial charge >= 0.3 is 0 Å². The molecule has 18 heavy (non-hydrogen) atoms. The van der Waals surface area contributed by atoms with Gasteiger partial charge in [-0.3, -0.25) is 4.68 Å². The van der Waals surface area contributed by atoms with Crippen LogP contribution in [0.15, 0.2) is 30.6 Å². The molecule has 3 nitrogen and oxygen atoms in total. The van der Waals surface area contributed by atoms with Crippen LogP contribution in [0.3, 0.4) is 0 Å². The summed E-state index contributed by atoms with van der Waals surface area (Å²) in [5.41, 5.74) is 6.98. The Morgan fingerprint density at radius 3 is 2.61 bits per heavy atom. The van der Waals surface area contributed by atoms with E-state index in [4.69, 9.17) is 5.73 Å². The average molecular weight is 274 g/mol. The maximum absolute atomic E-state index is 13.1. The van der Waals surface area contributed by atoms with Gasteiger partial charge in [0.05, 0.1) is 12.7 Å². The smallest absolute Gasteiger partial charge is 0.159 e.